The van der Waals surface area contributed by atoms with E-state index in [2.05, 4.69) is 18.7 Å². The number of hydrogen-bond donors (Lipinski definition) is 1. The number of hydrogen-bond acceptors (Lipinski definition) is 2. The van der Waals surface area contributed by atoms with E-state index < -0.39 is 0 Å². The summed E-state index contributed by atoms with van der Waals surface area (Å²) in [4.78, 5) is 2.56. The highest BCUT2D eigenvalue weighted by Gasteiger charge is 2.35. The molecule has 0 atom stereocenters. The highest BCUT2D eigenvalue weighted by atomic mass is 32.1. The lowest BCUT2D eigenvalue weighted by Crippen LogP contribution is -2.28. The van der Waals surface area contributed by atoms with Crippen molar-refractivity contribution in [1.82, 2.24) is 0 Å². The van der Waals surface area contributed by atoms with E-state index in [1.807, 2.05) is 0 Å². The number of nitrogens with two attached hydrogens (primary N) is 1. The van der Waals surface area contributed by atoms with Gasteiger partial charge in [-0.25, -0.2) is 4.39 Å². The van der Waals surface area contributed by atoms with E-state index in [0.29, 0.717) is 11.0 Å². The molecule has 0 amide bonds. The van der Waals surface area contributed by atoms with E-state index in [9.17, 15) is 4.39 Å². The van der Waals surface area contributed by atoms with E-state index in [1.165, 1.54) is 31.4 Å². The van der Waals surface area contributed by atoms with Crippen LogP contribution in [-0.2, 0) is 0 Å². The quantitative estimate of drug-likeness (QED) is 0.856. The largest absolute Gasteiger partial charge is 0.389 e. The molecule has 1 aromatic rings. The van der Waals surface area contributed by atoms with Crippen molar-refractivity contribution in [2.24, 2.45) is 11.1 Å². The molecule has 1 heterocycles. The monoisotopic (exact) mass is 280 g/mol. The van der Waals surface area contributed by atoms with E-state index in [0.717, 1.165) is 18.8 Å². The summed E-state index contributed by atoms with van der Waals surface area (Å²) in [7, 11) is 0. The Bertz CT molecular complexity index is 483. The standard InChI is InChI=1S/C15H21FN2S/c1-3-15(4-2)7-8-18(10-15)13-6-5-11(16)9-12(13)14(17)19/h5-6,9H,3-4,7-8,10H2,1-2H3,(H2,17,19). The van der Waals surface area contributed by atoms with Gasteiger partial charge in [-0.05, 0) is 42.9 Å². The van der Waals surface area contributed by atoms with Gasteiger partial charge in [0, 0.05) is 24.3 Å². The first-order valence-electron chi connectivity index (χ1n) is 6.85. The Morgan fingerprint density at radius 1 is 1.42 bits per heavy atom. The minimum atomic E-state index is -0.289. The third-order valence-corrected chi connectivity index (χ3v) is 4.72. The predicted molar refractivity (Wildman–Crippen MR) is 82.1 cm³/mol. The number of rotatable bonds is 4. The molecule has 0 saturated carbocycles. The Labute approximate surface area is 119 Å². The Kier molecular flexibility index (Phi) is 4.09. The fraction of sp³-hybridized carbons (Fsp3) is 0.533. The topological polar surface area (TPSA) is 29.3 Å². The summed E-state index contributed by atoms with van der Waals surface area (Å²) < 4.78 is 13.3. The Morgan fingerprint density at radius 3 is 2.63 bits per heavy atom. The van der Waals surface area contributed by atoms with Crippen LogP contribution in [0.1, 0.15) is 38.7 Å². The fourth-order valence-corrected chi connectivity index (χ4v) is 3.11. The fourth-order valence-electron chi connectivity index (χ4n) is 2.95. The number of halogens is 1. The van der Waals surface area contributed by atoms with E-state index >= 15 is 0 Å². The van der Waals surface area contributed by atoms with Crippen LogP contribution in [0.25, 0.3) is 0 Å². The molecule has 0 spiro atoms. The second-order valence-corrected chi connectivity index (χ2v) is 5.84. The van der Waals surface area contributed by atoms with Crippen LogP contribution < -0.4 is 10.6 Å². The maximum Gasteiger partial charge on any atom is 0.124 e. The average molecular weight is 280 g/mol. The van der Waals surface area contributed by atoms with Crippen molar-refractivity contribution in [3.63, 3.8) is 0 Å². The molecule has 2 nitrogen and oxygen atoms in total. The summed E-state index contributed by atoms with van der Waals surface area (Å²) in [6.07, 6.45) is 3.52. The van der Waals surface area contributed by atoms with Crippen LogP contribution in [0.4, 0.5) is 10.1 Å². The van der Waals surface area contributed by atoms with Gasteiger partial charge in [0.05, 0.1) is 0 Å². The normalized spacial score (nSPS) is 17.7. The summed E-state index contributed by atoms with van der Waals surface area (Å²) >= 11 is 5.04. The zero-order valence-corrected chi connectivity index (χ0v) is 12.4. The van der Waals surface area contributed by atoms with Crippen LogP contribution in [0, 0.1) is 11.2 Å². The van der Waals surface area contributed by atoms with Crippen LogP contribution >= 0.6 is 12.2 Å². The van der Waals surface area contributed by atoms with Crippen LogP contribution in [0.15, 0.2) is 18.2 Å². The molecule has 0 aromatic heterocycles. The third kappa shape index (κ3) is 2.73. The van der Waals surface area contributed by atoms with Gasteiger partial charge in [-0.15, -0.1) is 0 Å². The van der Waals surface area contributed by atoms with Gasteiger partial charge in [0.2, 0.25) is 0 Å². The van der Waals surface area contributed by atoms with Crippen molar-refractivity contribution >= 4 is 22.9 Å². The highest BCUT2D eigenvalue weighted by molar-refractivity contribution is 7.80. The molecule has 1 aromatic carbocycles. The molecule has 1 aliphatic rings. The molecule has 2 N–H and O–H groups in total. The van der Waals surface area contributed by atoms with Gasteiger partial charge >= 0.3 is 0 Å². The Hall–Kier alpha value is -1.16. The molecule has 104 valence electrons. The molecule has 19 heavy (non-hydrogen) atoms. The smallest absolute Gasteiger partial charge is 0.124 e. The molecule has 1 aliphatic heterocycles. The second-order valence-electron chi connectivity index (χ2n) is 5.40. The molecular weight excluding hydrogens is 259 g/mol. The second kappa shape index (κ2) is 5.45. The van der Waals surface area contributed by atoms with Crippen LogP contribution in [0.3, 0.4) is 0 Å². The molecule has 0 aliphatic carbocycles. The SMILES string of the molecule is CCC1(CC)CCN(c2ccc(F)cc2C(N)=S)C1. The molecule has 0 radical (unpaired) electrons. The lowest BCUT2D eigenvalue weighted by molar-refractivity contribution is 0.301. The minimum Gasteiger partial charge on any atom is -0.389 e. The van der Waals surface area contributed by atoms with Crippen molar-refractivity contribution in [3.05, 3.63) is 29.6 Å². The van der Waals surface area contributed by atoms with Crippen LogP contribution in [0.5, 0.6) is 0 Å². The molecule has 4 heteroatoms. The first kappa shape index (κ1) is 14.3. The maximum atomic E-state index is 13.3. The Balaban J connectivity index is 2.31. The first-order chi connectivity index (χ1) is 9.01. The van der Waals surface area contributed by atoms with Gasteiger partial charge in [-0.1, -0.05) is 26.1 Å². The zero-order chi connectivity index (χ0) is 14.0. The average Bonchev–Trinajstić information content (AvgIpc) is 2.83. The van der Waals surface area contributed by atoms with Crippen molar-refractivity contribution in [1.29, 1.82) is 0 Å². The maximum absolute atomic E-state index is 13.3. The summed E-state index contributed by atoms with van der Waals surface area (Å²) in [6.45, 7) is 6.47. The molecule has 0 bridgehead atoms. The lowest BCUT2D eigenvalue weighted by atomic mass is 9.82. The molecule has 0 unspecified atom stereocenters. The highest BCUT2D eigenvalue weighted by Crippen LogP contribution is 2.39. The number of thiocarbonyl (C=S) groups is 1. The summed E-state index contributed by atoms with van der Waals surface area (Å²) in [5, 5.41) is 0. The number of anilines is 1. The van der Waals surface area contributed by atoms with Gasteiger partial charge in [-0.2, -0.15) is 0 Å². The number of benzene rings is 1. The van der Waals surface area contributed by atoms with Crippen LogP contribution in [0.2, 0.25) is 0 Å². The van der Waals surface area contributed by atoms with E-state index in [1.54, 1.807) is 6.07 Å². The molecular formula is C15H21FN2S. The zero-order valence-electron chi connectivity index (χ0n) is 11.6. The molecule has 2 rings (SSSR count). The molecule has 1 fully saturated rings. The van der Waals surface area contributed by atoms with Crippen molar-refractivity contribution in [2.75, 3.05) is 18.0 Å². The van der Waals surface area contributed by atoms with Crippen molar-refractivity contribution in [2.45, 2.75) is 33.1 Å². The van der Waals surface area contributed by atoms with E-state index in [-0.39, 0.29) is 10.8 Å². The summed E-state index contributed by atoms with van der Waals surface area (Å²) in [6, 6.07) is 4.72. The van der Waals surface area contributed by atoms with Gasteiger partial charge < -0.3 is 10.6 Å². The van der Waals surface area contributed by atoms with E-state index in [4.69, 9.17) is 18.0 Å². The Morgan fingerprint density at radius 2 is 2.11 bits per heavy atom. The number of nitrogens with zero attached hydrogens (tertiary/aromatic N) is 1. The summed E-state index contributed by atoms with van der Waals surface area (Å²) in [5.74, 6) is -0.289. The van der Waals surface area contributed by atoms with Crippen LogP contribution in [-0.4, -0.2) is 18.1 Å². The first-order valence-corrected chi connectivity index (χ1v) is 7.26. The predicted octanol–water partition coefficient (Wildman–Crippen LogP) is 3.48. The van der Waals surface area contributed by atoms with Gasteiger partial charge in [-0.3, -0.25) is 0 Å². The lowest BCUT2D eigenvalue weighted by Gasteiger charge is -2.28. The van der Waals surface area contributed by atoms with Gasteiger partial charge in [0.25, 0.3) is 0 Å². The molecule has 1 saturated heterocycles. The van der Waals surface area contributed by atoms with Gasteiger partial charge in [0.1, 0.15) is 10.8 Å². The third-order valence-electron chi connectivity index (χ3n) is 4.50. The van der Waals surface area contributed by atoms with Gasteiger partial charge in [0.15, 0.2) is 0 Å². The summed E-state index contributed by atoms with van der Waals surface area (Å²) in [5.41, 5.74) is 7.72. The minimum absolute atomic E-state index is 0.264. The van der Waals surface area contributed by atoms with Crippen molar-refractivity contribution in [3.8, 4) is 0 Å². The van der Waals surface area contributed by atoms with Crippen molar-refractivity contribution < 1.29 is 4.39 Å².